The van der Waals surface area contributed by atoms with Gasteiger partial charge in [-0.1, -0.05) is 5.57 Å². The van der Waals surface area contributed by atoms with Crippen LogP contribution in [0.4, 0.5) is 0 Å². The monoisotopic (exact) mass is 284 g/mol. The minimum atomic E-state index is -0.181. The Morgan fingerprint density at radius 1 is 1.29 bits per heavy atom. The Hall–Kier alpha value is -2.03. The Bertz CT molecular complexity index is 777. The van der Waals surface area contributed by atoms with E-state index < -0.39 is 0 Å². The molecule has 1 aliphatic carbocycles. The number of aryl methyl sites for hydroxylation is 2. The van der Waals surface area contributed by atoms with Gasteiger partial charge in [0.15, 0.2) is 0 Å². The predicted octanol–water partition coefficient (Wildman–Crippen LogP) is 3.94. The molecule has 0 saturated carbocycles. The zero-order valence-electron chi connectivity index (χ0n) is 12.8. The van der Waals surface area contributed by atoms with Gasteiger partial charge in [-0.15, -0.1) is 0 Å². The predicted molar refractivity (Wildman–Crippen MR) is 84.2 cm³/mol. The highest BCUT2D eigenvalue weighted by Gasteiger charge is 2.21. The van der Waals surface area contributed by atoms with Gasteiger partial charge in [-0.2, -0.15) is 0 Å². The number of hydrogen-bond donors (Lipinski definition) is 0. The van der Waals surface area contributed by atoms with E-state index in [0.29, 0.717) is 12.2 Å². The molecule has 0 amide bonds. The number of fused-ring (bicyclic) bond motifs is 3. The second kappa shape index (κ2) is 5.40. The third-order valence-corrected chi connectivity index (χ3v) is 4.07. The molecule has 0 saturated heterocycles. The summed E-state index contributed by atoms with van der Waals surface area (Å²) < 4.78 is 11.3. The molecular weight excluding hydrogens is 264 g/mol. The van der Waals surface area contributed by atoms with Gasteiger partial charge < -0.3 is 9.15 Å². The first-order valence-corrected chi connectivity index (χ1v) is 7.42. The molecule has 0 fully saturated rings. The molecule has 21 heavy (non-hydrogen) atoms. The van der Waals surface area contributed by atoms with Crippen molar-refractivity contribution in [2.24, 2.45) is 0 Å². The Labute approximate surface area is 124 Å². The minimum absolute atomic E-state index is 0.181. The largest absolute Gasteiger partial charge is 0.489 e. The number of rotatable bonds is 3. The van der Waals surface area contributed by atoms with Crippen LogP contribution >= 0.6 is 0 Å². The van der Waals surface area contributed by atoms with Gasteiger partial charge in [0.1, 0.15) is 17.9 Å². The van der Waals surface area contributed by atoms with Crippen LogP contribution < -0.4 is 10.4 Å². The van der Waals surface area contributed by atoms with E-state index in [4.69, 9.17) is 9.15 Å². The van der Waals surface area contributed by atoms with Crippen LogP contribution in [-0.4, -0.2) is 6.61 Å². The van der Waals surface area contributed by atoms with E-state index in [1.165, 1.54) is 11.1 Å². The topological polar surface area (TPSA) is 39.4 Å². The first-order valence-electron chi connectivity index (χ1n) is 7.42. The summed E-state index contributed by atoms with van der Waals surface area (Å²) in [6.45, 7) is 6.56. The molecule has 3 heteroatoms. The van der Waals surface area contributed by atoms with Crippen molar-refractivity contribution in [3.63, 3.8) is 0 Å². The van der Waals surface area contributed by atoms with E-state index in [0.717, 1.165) is 41.5 Å². The quantitative estimate of drug-likeness (QED) is 0.633. The van der Waals surface area contributed by atoms with E-state index in [1.54, 1.807) is 0 Å². The maximum Gasteiger partial charge on any atom is 0.339 e. The second-order valence-electron chi connectivity index (χ2n) is 5.86. The fraction of sp³-hybridized carbons (Fsp3) is 0.389. The lowest BCUT2D eigenvalue weighted by molar-refractivity contribution is 0.359. The third-order valence-electron chi connectivity index (χ3n) is 4.07. The number of hydrogen-bond acceptors (Lipinski definition) is 3. The lowest BCUT2D eigenvalue weighted by Crippen LogP contribution is -2.08. The van der Waals surface area contributed by atoms with E-state index in [2.05, 4.69) is 0 Å². The Kier molecular flexibility index (Phi) is 3.58. The first-order chi connectivity index (χ1) is 10.1. The highest BCUT2D eigenvalue weighted by molar-refractivity contribution is 5.86. The van der Waals surface area contributed by atoms with Crippen molar-refractivity contribution in [3.8, 4) is 5.75 Å². The summed E-state index contributed by atoms with van der Waals surface area (Å²) in [6.07, 6.45) is 4.87. The van der Waals surface area contributed by atoms with E-state index in [9.17, 15) is 4.79 Å². The molecule has 1 aromatic heterocycles. The summed E-state index contributed by atoms with van der Waals surface area (Å²) in [5.74, 6) is 0.779. The lowest BCUT2D eigenvalue weighted by Gasteiger charge is -2.11. The van der Waals surface area contributed by atoms with Crippen molar-refractivity contribution in [2.45, 2.75) is 40.0 Å². The normalized spacial score (nSPS) is 13.3. The number of ether oxygens (including phenoxy) is 1. The van der Waals surface area contributed by atoms with Crippen LogP contribution in [0.3, 0.4) is 0 Å². The molecule has 0 atom stereocenters. The van der Waals surface area contributed by atoms with Crippen molar-refractivity contribution < 1.29 is 9.15 Å². The smallest absolute Gasteiger partial charge is 0.339 e. The number of allylic oxidation sites excluding steroid dienone is 1. The van der Waals surface area contributed by atoms with Gasteiger partial charge in [-0.3, -0.25) is 0 Å². The summed E-state index contributed by atoms with van der Waals surface area (Å²) >= 11 is 0. The zero-order valence-corrected chi connectivity index (χ0v) is 12.8. The van der Waals surface area contributed by atoms with Crippen LogP contribution in [0, 0.1) is 6.92 Å². The fourth-order valence-corrected chi connectivity index (χ4v) is 2.92. The number of benzene rings is 1. The molecule has 0 bridgehead atoms. The molecule has 0 unspecified atom stereocenters. The standard InChI is InChI=1S/C18H20O3/c1-11(2)9-10-20-16-8-7-14-13-5-4-6-15(13)18(19)21-17(14)12(16)3/h7-9H,4-6,10H2,1-3H3. The van der Waals surface area contributed by atoms with Crippen LogP contribution in [0.25, 0.3) is 11.0 Å². The Balaban J connectivity index is 2.07. The molecule has 1 aromatic carbocycles. The summed E-state index contributed by atoms with van der Waals surface area (Å²) in [7, 11) is 0. The summed E-state index contributed by atoms with van der Waals surface area (Å²) in [4.78, 5) is 12.1. The van der Waals surface area contributed by atoms with Crippen LogP contribution in [0.15, 0.2) is 33.0 Å². The van der Waals surface area contributed by atoms with Gasteiger partial charge in [-0.25, -0.2) is 4.79 Å². The Morgan fingerprint density at radius 2 is 2.05 bits per heavy atom. The average molecular weight is 284 g/mol. The van der Waals surface area contributed by atoms with Gasteiger partial charge in [-0.05, 0) is 63.8 Å². The molecule has 1 aliphatic rings. The van der Waals surface area contributed by atoms with Gasteiger partial charge in [0, 0.05) is 16.5 Å². The van der Waals surface area contributed by atoms with Gasteiger partial charge in [0.05, 0.1) is 0 Å². The molecule has 3 nitrogen and oxygen atoms in total. The summed E-state index contributed by atoms with van der Waals surface area (Å²) in [5, 5.41) is 1.06. The molecule has 0 N–H and O–H groups in total. The van der Waals surface area contributed by atoms with Gasteiger partial charge in [0.2, 0.25) is 0 Å². The molecule has 1 heterocycles. The van der Waals surface area contributed by atoms with Gasteiger partial charge >= 0.3 is 5.63 Å². The molecule has 0 spiro atoms. The molecule has 0 aliphatic heterocycles. The van der Waals surface area contributed by atoms with Crippen LogP contribution in [0.5, 0.6) is 5.75 Å². The van der Waals surface area contributed by atoms with E-state index in [-0.39, 0.29) is 5.63 Å². The fourth-order valence-electron chi connectivity index (χ4n) is 2.92. The molecule has 3 rings (SSSR count). The average Bonchev–Trinajstić information content (AvgIpc) is 2.92. The van der Waals surface area contributed by atoms with Gasteiger partial charge in [0.25, 0.3) is 0 Å². The highest BCUT2D eigenvalue weighted by atomic mass is 16.5. The van der Waals surface area contributed by atoms with Crippen molar-refractivity contribution in [1.29, 1.82) is 0 Å². The zero-order chi connectivity index (χ0) is 15.0. The maximum atomic E-state index is 12.1. The lowest BCUT2D eigenvalue weighted by atomic mass is 10.0. The van der Waals surface area contributed by atoms with E-state index in [1.807, 2.05) is 39.0 Å². The van der Waals surface area contributed by atoms with Crippen LogP contribution in [0.1, 0.15) is 37.0 Å². The SMILES string of the molecule is CC(C)=CCOc1ccc2c3c(c(=O)oc2c1C)CCC3. The first kappa shape index (κ1) is 13.9. The van der Waals surface area contributed by atoms with Crippen molar-refractivity contribution in [1.82, 2.24) is 0 Å². The molecular formula is C18H20O3. The van der Waals surface area contributed by atoms with Crippen LogP contribution in [0.2, 0.25) is 0 Å². The van der Waals surface area contributed by atoms with Crippen LogP contribution in [-0.2, 0) is 12.8 Å². The van der Waals surface area contributed by atoms with E-state index >= 15 is 0 Å². The van der Waals surface area contributed by atoms with Crippen molar-refractivity contribution in [3.05, 3.63) is 50.9 Å². The van der Waals surface area contributed by atoms with Crippen molar-refractivity contribution in [2.75, 3.05) is 6.61 Å². The summed E-state index contributed by atoms with van der Waals surface area (Å²) in [6, 6.07) is 4.00. The highest BCUT2D eigenvalue weighted by Crippen LogP contribution is 2.32. The Morgan fingerprint density at radius 3 is 2.81 bits per heavy atom. The molecule has 2 aromatic rings. The minimum Gasteiger partial charge on any atom is -0.489 e. The summed E-state index contributed by atoms with van der Waals surface area (Å²) in [5.41, 5.74) is 4.65. The third kappa shape index (κ3) is 2.48. The molecule has 110 valence electrons. The second-order valence-corrected chi connectivity index (χ2v) is 5.86. The molecule has 0 radical (unpaired) electrons. The van der Waals surface area contributed by atoms with Crippen molar-refractivity contribution >= 4 is 11.0 Å². The maximum absolute atomic E-state index is 12.1.